The first-order valence-electron chi connectivity index (χ1n) is 6.83. The van der Waals surface area contributed by atoms with E-state index in [0.717, 1.165) is 35.1 Å². The Kier molecular flexibility index (Phi) is 4.59. The third kappa shape index (κ3) is 2.90. The summed E-state index contributed by atoms with van der Waals surface area (Å²) in [4.78, 5) is 11.0. The summed E-state index contributed by atoms with van der Waals surface area (Å²) >= 11 is 0. The molecule has 0 bridgehead atoms. The molecule has 0 radical (unpaired) electrons. The van der Waals surface area contributed by atoms with Crippen LogP contribution in [0.4, 0.5) is 17.3 Å². The molecule has 6 nitrogen and oxygen atoms in total. The van der Waals surface area contributed by atoms with Crippen LogP contribution in [-0.2, 0) is 6.42 Å². The van der Waals surface area contributed by atoms with Gasteiger partial charge in [0.15, 0.2) is 0 Å². The Labute approximate surface area is 124 Å². The van der Waals surface area contributed by atoms with Crippen molar-refractivity contribution >= 4 is 17.3 Å². The average molecular weight is 287 g/mol. The van der Waals surface area contributed by atoms with Crippen LogP contribution in [-0.4, -0.2) is 24.1 Å². The standard InChI is InChI=1S/C15H21N5O/c1-5-13-17-14(19-16)10(2)15(18-13)20(3)11-8-6-7-9-12(11)21-4/h6-9H,5,16H2,1-4H3,(H,17,18,19). The van der Waals surface area contributed by atoms with Gasteiger partial charge in [-0.15, -0.1) is 0 Å². The van der Waals surface area contributed by atoms with E-state index in [9.17, 15) is 0 Å². The molecule has 0 saturated heterocycles. The van der Waals surface area contributed by atoms with Crippen molar-refractivity contribution in [3.8, 4) is 5.75 Å². The van der Waals surface area contributed by atoms with E-state index in [0.29, 0.717) is 5.82 Å². The maximum atomic E-state index is 5.55. The number of rotatable bonds is 5. The van der Waals surface area contributed by atoms with Gasteiger partial charge in [-0.2, -0.15) is 0 Å². The van der Waals surface area contributed by atoms with Gasteiger partial charge in [-0.05, 0) is 19.1 Å². The maximum absolute atomic E-state index is 5.55. The number of para-hydroxylation sites is 2. The Balaban J connectivity index is 2.54. The van der Waals surface area contributed by atoms with E-state index in [-0.39, 0.29) is 0 Å². The number of benzene rings is 1. The van der Waals surface area contributed by atoms with Gasteiger partial charge >= 0.3 is 0 Å². The van der Waals surface area contributed by atoms with Crippen LogP contribution >= 0.6 is 0 Å². The molecule has 2 aromatic rings. The molecule has 3 N–H and O–H groups in total. The molecular formula is C15H21N5O. The van der Waals surface area contributed by atoms with Crippen LogP contribution in [0.1, 0.15) is 18.3 Å². The fourth-order valence-electron chi connectivity index (χ4n) is 2.20. The number of hydrogen-bond donors (Lipinski definition) is 2. The predicted molar refractivity (Wildman–Crippen MR) is 85.0 cm³/mol. The second-order valence-corrected chi connectivity index (χ2v) is 4.67. The molecule has 0 atom stereocenters. The molecule has 21 heavy (non-hydrogen) atoms. The molecule has 0 aliphatic carbocycles. The Morgan fingerprint density at radius 1 is 1.29 bits per heavy atom. The first kappa shape index (κ1) is 15.1. The highest BCUT2D eigenvalue weighted by molar-refractivity contribution is 5.70. The topological polar surface area (TPSA) is 76.3 Å². The molecule has 0 aliphatic heterocycles. The number of nitrogens with zero attached hydrogens (tertiary/aromatic N) is 3. The van der Waals surface area contributed by atoms with Crippen LogP contribution in [0.3, 0.4) is 0 Å². The van der Waals surface area contributed by atoms with Crippen LogP contribution < -0.4 is 20.9 Å². The van der Waals surface area contributed by atoms with E-state index in [1.165, 1.54) is 0 Å². The van der Waals surface area contributed by atoms with Crippen LogP contribution in [0.25, 0.3) is 0 Å². The first-order valence-corrected chi connectivity index (χ1v) is 6.83. The van der Waals surface area contributed by atoms with Crippen LogP contribution in [0.2, 0.25) is 0 Å². The second-order valence-electron chi connectivity index (χ2n) is 4.67. The summed E-state index contributed by atoms with van der Waals surface area (Å²) in [6.45, 7) is 3.95. The lowest BCUT2D eigenvalue weighted by Gasteiger charge is -2.23. The molecule has 1 heterocycles. The van der Waals surface area contributed by atoms with E-state index in [2.05, 4.69) is 15.4 Å². The molecule has 0 amide bonds. The fourth-order valence-corrected chi connectivity index (χ4v) is 2.20. The Hall–Kier alpha value is -2.34. The zero-order valence-corrected chi connectivity index (χ0v) is 12.8. The van der Waals surface area contributed by atoms with Gasteiger partial charge < -0.3 is 15.1 Å². The van der Waals surface area contributed by atoms with Gasteiger partial charge in [0.05, 0.1) is 12.8 Å². The number of ether oxygens (including phenoxy) is 1. The van der Waals surface area contributed by atoms with Gasteiger partial charge in [0.25, 0.3) is 0 Å². The highest BCUT2D eigenvalue weighted by atomic mass is 16.5. The van der Waals surface area contributed by atoms with E-state index in [4.69, 9.17) is 10.6 Å². The number of nitrogens with two attached hydrogens (primary N) is 1. The third-order valence-electron chi connectivity index (χ3n) is 3.38. The second kappa shape index (κ2) is 6.41. The minimum absolute atomic E-state index is 0.638. The number of aryl methyl sites for hydroxylation is 1. The molecular weight excluding hydrogens is 266 g/mol. The zero-order valence-electron chi connectivity index (χ0n) is 12.8. The minimum Gasteiger partial charge on any atom is -0.495 e. The van der Waals surface area contributed by atoms with Crippen molar-refractivity contribution in [3.63, 3.8) is 0 Å². The van der Waals surface area contributed by atoms with Crippen molar-refractivity contribution in [2.24, 2.45) is 5.84 Å². The van der Waals surface area contributed by atoms with Crippen molar-refractivity contribution in [1.82, 2.24) is 9.97 Å². The van der Waals surface area contributed by atoms with Crippen molar-refractivity contribution in [3.05, 3.63) is 35.7 Å². The normalized spacial score (nSPS) is 10.3. The molecule has 0 spiro atoms. The van der Waals surface area contributed by atoms with Gasteiger partial charge in [-0.3, -0.25) is 0 Å². The maximum Gasteiger partial charge on any atom is 0.148 e. The number of nitrogen functional groups attached to an aromatic ring is 1. The lowest BCUT2D eigenvalue weighted by atomic mass is 10.2. The van der Waals surface area contributed by atoms with Crippen molar-refractivity contribution < 1.29 is 4.74 Å². The molecule has 0 fully saturated rings. The summed E-state index contributed by atoms with van der Waals surface area (Å²) in [6.07, 6.45) is 0.738. The monoisotopic (exact) mass is 287 g/mol. The minimum atomic E-state index is 0.638. The Morgan fingerprint density at radius 3 is 2.62 bits per heavy atom. The number of aromatic nitrogens is 2. The van der Waals surface area contributed by atoms with E-state index < -0.39 is 0 Å². The summed E-state index contributed by atoms with van der Waals surface area (Å²) in [5.74, 6) is 8.53. The van der Waals surface area contributed by atoms with Crippen LogP contribution in [0, 0.1) is 6.92 Å². The van der Waals surface area contributed by atoms with Crippen molar-refractivity contribution in [1.29, 1.82) is 0 Å². The van der Waals surface area contributed by atoms with Gasteiger partial charge in [-0.1, -0.05) is 19.1 Å². The number of hydrogen-bond acceptors (Lipinski definition) is 6. The average Bonchev–Trinajstić information content (AvgIpc) is 2.54. The zero-order chi connectivity index (χ0) is 15.4. The quantitative estimate of drug-likeness (QED) is 0.649. The number of methoxy groups -OCH3 is 1. The van der Waals surface area contributed by atoms with Gasteiger partial charge in [-0.25, -0.2) is 15.8 Å². The van der Waals surface area contributed by atoms with Gasteiger partial charge in [0.1, 0.15) is 23.2 Å². The van der Waals surface area contributed by atoms with Crippen molar-refractivity contribution in [2.75, 3.05) is 24.5 Å². The van der Waals surface area contributed by atoms with E-state index in [1.807, 2.05) is 50.1 Å². The summed E-state index contributed by atoms with van der Waals surface area (Å²) < 4.78 is 5.42. The number of hydrazine groups is 1. The number of nitrogens with one attached hydrogen (secondary N) is 1. The highest BCUT2D eigenvalue weighted by Crippen LogP contribution is 2.34. The third-order valence-corrected chi connectivity index (χ3v) is 3.38. The predicted octanol–water partition coefficient (Wildman–Crippen LogP) is 2.41. The summed E-state index contributed by atoms with van der Waals surface area (Å²) in [5.41, 5.74) is 4.46. The van der Waals surface area contributed by atoms with E-state index in [1.54, 1.807) is 7.11 Å². The summed E-state index contributed by atoms with van der Waals surface area (Å²) in [7, 11) is 3.61. The molecule has 0 unspecified atom stereocenters. The smallest absolute Gasteiger partial charge is 0.148 e. The molecule has 1 aromatic carbocycles. The lowest BCUT2D eigenvalue weighted by molar-refractivity contribution is 0.415. The largest absolute Gasteiger partial charge is 0.495 e. The van der Waals surface area contributed by atoms with Gasteiger partial charge in [0.2, 0.25) is 0 Å². The van der Waals surface area contributed by atoms with E-state index >= 15 is 0 Å². The highest BCUT2D eigenvalue weighted by Gasteiger charge is 2.16. The summed E-state index contributed by atoms with van der Waals surface area (Å²) in [6, 6.07) is 7.81. The molecule has 0 aliphatic rings. The Bertz CT molecular complexity index is 629. The lowest BCUT2D eigenvalue weighted by Crippen LogP contribution is -2.19. The fraction of sp³-hybridized carbons (Fsp3) is 0.333. The summed E-state index contributed by atoms with van der Waals surface area (Å²) in [5, 5.41) is 0. The van der Waals surface area contributed by atoms with Crippen molar-refractivity contribution in [2.45, 2.75) is 20.3 Å². The Morgan fingerprint density at radius 2 is 2.00 bits per heavy atom. The van der Waals surface area contributed by atoms with Crippen LogP contribution in [0.15, 0.2) is 24.3 Å². The molecule has 2 rings (SSSR count). The molecule has 6 heteroatoms. The molecule has 1 aromatic heterocycles. The molecule has 112 valence electrons. The van der Waals surface area contributed by atoms with Gasteiger partial charge in [0, 0.05) is 19.0 Å². The number of anilines is 3. The van der Waals surface area contributed by atoms with Crippen LogP contribution in [0.5, 0.6) is 5.75 Å². The first-order chi connectivity index (χ1) is 10.1. The SMILES string of the molecule is CCc1nc(NN)c(C)c(N(C)c2ccccc2OC)n1. The molecule has 0 saturated carbocycles.